The second-order valence-electron chi connectivity index (χ2n) is 7.69. The molecular weight excluding hydrogens is 330 g/mol. The highest BCUT2D eigenvalue weighted by Crippen LogP contribution is 2.59. The average Bonchev–Trinajstić information content (AvgIpc) is 3.47. The molecule has 3 aromatic carbocycles. The summed E-state index contributed by atoms with van der Waals surface area (Å²) in [6.07, 6.45) is 0.844. The van der Waals surface area contributed by atoms with Gasteiger partial charge in [-0.25, -0.2) is 0 Å². The topological polar surface area (TPSA) is 29.1 Å². The molecule has 1 saturated carbocycles. The third kappa shape index (κ3) is 3.16. The first-order chi connectivity index (χ1) is 13.1. The Morgan fingerprint density at radius 2 is 1.37 bits per heavy atom. The van der Waals surface area contributed by atoms with Gasteiger partial charge in [0, 0.05) is 11.1 Å². The van der Waals surface area contributed by atoms with E-state index in [1.807, 2.05) is 30.3 Å². The van der Waals surface area contributed by atoms with E-state index >= 15 is 0 Å². The number of hydrogen-bond acceptors (Lipinski definition) is 1. The van der Waals surface area contributed by atoms with Crippen LogP contribution in [0.1, 0.15) is 42.9 Å². The third-order valence-electron chi connectivity index (χ3n) is 5.70. The molecule has 27 heavy (non-hydrogen) atoms. The van der Waals surface area contributed by atoms with Gasteiger partial charge in [-0.3, -0.25) is 4.79 Å². The van der Waals surface area contributed by atoms with Crippen LogP contribution in [0.4, 0.5) is 5.69 Å². The van der Waals surface area contributed by atoms with Gasteiger partial charge in [-0.05, 0) is 35.1 Å². The molecule has 1 unspecified atom stereocenters. The summed E-state index contributed by atoms with van der Waals surface area (Å²) >= 11 is 0. The highest BCUT2D eigenvalue weighted by molar-refractivity contribution is 5.97. The summed E-state index contributed by atoms with van der Waals surface area (Å²) in [6, 6.07) is 28.9. The molecule has 4 rings (SSSR count). The van der Waals surface area contributed by atoms with E-state index < -0.39 is 0 Å². The summed E-state index contributed by atoms with van der Waals surface area (Å²) in [4.78, 5) is 13.2. The zero-order valence-electron chi connectivity index (χ0n) is 15.9. The summed E-state index contributed by atoms with van der Waals surface area (Å²) in [7, 11) is 0. The van der Waals surface area contributed by atoms with Crippen molar-refractivity contribution in [2.45, 2.75) is 31.6 Å². The lowest BCUT2D eigenvalue weighted by Crippen LogP contribution is -2.22. The summed E-state index contributed by atoms with van der Waals surface area (Å²) in [5.74, 6) is 0.423. The Balaban J connectivity index is 1.66. The lowest BCUT2D eigenvalue weighted by Gasteiger charge is -2.20. The molecule has 1 aliphatic rings. The predicted molar refractivity (Wildman–Crippen MR) is 111 cm³/mol. The number of hydrogen-bond donors (Lipinski definition) is 1. The maximum absolute atomic E-state index is 13.2. The molecule has 0 saturated heterocycles. The number of benzene rings is 3. The van der Waals surface area contributed by atoms with Crippen molar-refractivity contribution < 1.29 is 4.79 Å². The van der Waals surface area contributed by atoms with Crippen LogP contribution in [0, 0.1) is 5.92 Å². The van der Waals surface area contributed by atoms with Crippen LogP contribution < -0.4 is 5.32 Å². The van der Waals surface area contributed by atoms with Crippen LogP contribution in [0.25, 0.3) is 0 Å². The second kappa shape index (κ2) is 7.03. The average molecular weight is 355 g/mol. The van der Waals surface area contributed by atoms with Crippen molar-refractivity contribution in [1.82, 2.24) is 0 Å². The molecule has 0 aliphatic heterocycles. The number of nitrogens with one attached hydrogen (secondary N) is 1. The highest BCUT2D eigenvalue weighted by Gasteiger charge is 2.60. The molecule has 0 radical (unpaired) electrons. The molecular formula is C25H25NO. The van der Waals surface area contributed by atoms with Gasteiger partial charge in [0.1, 0.15) is 0 Å². The molecule has 0 bridgehead atoms. The molecule has 1 N–H and O–H groups in total. The van der Waals surface area contributed by atoms with Crippen LogP contribution in [-0.2, 0) is 10.2 Å². The van der Waals surface area contributed by atoms with Crippen molar-refractivity contribution in [1.29, 1.82) is 0 Å². The number of para-hydroxylation sites is 1. The SMILES string of the molecule is CC(C)c1ccccc1NC(=O)C1CC1(c1ccccc1)c1ccccc1. The maximum Gasteiger partial charge on any atom is 0.228 e. The van der Waals surface area contributed by atoms with Crippen molar-refractivity contribution in [3.05, 3.63) is 102 Å². The monoisotopic (exact) mass is 355 g/mol. The van der Waals surface area contributed by atoms with Crippen molar-refractivity contribution in [3.8, 4) is 0 Å². The predicted octanol–water partition coefficient (Wildman–Crippen LogP) is 5.75. The summed E-state index contributed by atoms with van der Waals surface area (Å²) in [5, 5.41) is 3.21. The molecule has 2 nitrogen and oxygen atoms in total. The van der Waals surface area contributed by atoms with Crippen LogP contribution in [0.3, 0.4) is 0 Å². The largest absolute Gasteiger partial charge is 0.326 e. The van der Waals surface area contributed by atoms with Crippen molar-refractivity contribution >= 4 is 11.6 Å². The molecule has 1 atom stereocenters. The van der Waals surface area contributed by atoms with E-state index in [1.165, 1.54) is 16.7 Å². The normalized spacial score (nSPS) is 17.5. The quantitative estimate of drug-likeness (QED) is 0.620. The fraction of sp³-hybridized carbons (Fsp3) is 0.240. The minimum absolute atomic E-state index is 0.0532. The van der Waals surface area contributed by atoms with Crippen molar-refractivity contribution in [2.75, 3.05) is 5.32 Å². The van der Waals surface area contributed by atoms with Crippen LogP contribution in [0.5, 0.6) is 0 Å². The molecule has 0 heterocycles. The Kier molecular flexibility index (Phi) is 4.57. The molecule has 0 aromatic heterocycles. The number of anilines is 1. The Bertz CT molecular complexity index is 891. The Morgan fingerprint density at radius 1 is 0.852 bits per heavy atom. The molecule has 0 spiro atoms. The van der Waals surface area contributed by atoms with Gasteiger partial charge < -0.3 is 5.32 Å². The summed E-state index contributed by atoms with van der Waals surface area (Å²) < 4.78 is 0. The molecule has 1 amide bonds. The first-order valence-corrected chi connectivity index (χ1v) is 9.64. The lowest BCUT2D eigenvalue weighted by molar-refractivity contribution is -0.117. The van der Waals surface area contributed by atoms with Gasteiger partial charge in [0.25, 0.3) is 0 Å². The van der Waals surface area contributed by atoms with E-state index in [2.05, 4.69) is 73.8 Å². The Labute approximate surface area is 161 Å². The Morgan fingerprint density at radius 3 is 1.93 bits per heavy atom. The minimum Gasteiger partial charge on any atom is -0.326 e. The molecule has 1 fully saturated rings. The number of carbonyl (C=O) groups excluding carboxylic acids is 1. The second-order valence-corrected chi connectivity index (χ2v) is 7.69. The Hall–Kier alpha value is -2.87. The van der Waals surface area contributed by atoms with Gasteiger partial charge in [0.2, 0.25) is 5.91 Å². The fourth-order valence-electron chi connectivity index (χ4n) is 4.19. The van der Waals surface area contributed by atoms with Crippen molar-refractivity contribution in [2.24, 2.45) is 5.92 Å². The zero-order valence-corrected chi connectivity index (χ0v) is 15.9. The molecule has 136 valence electrons. The van der Waals surface area contributed by atoms with Crippen LogP contribution in [0.2, 0.25) is 0 Å². The maximum atomic E-state index is 13.2. The van der Waals surface area contributed by atoms with E-state index in [-0.39, 0.29) is 17.2 Å². The fourth-order valence-corrected chi connectivity index (χ4v) is 4.19. The third-order valence-corrected chi connectivity index (χ3v) is 5.70. The molecule has 1 aliphatic carbocycles. The first-order valence-electron chi connectivity index (χ1n) is 9.64. The van der Waals surface area contributed by atoms with Gasteiger partial charge in [-0.15, -0.1) is 0 Å². The van der Waals surface area contributed by atoms with Crippen LogP contribution in [0.15, 0.2) is 84.9 Å². The molecule has 3 aromatic rings. The van der Waals surface area contributed by atoms with E-state index in [1.54, 1.807) is 0 Å². The first kappa shape index (κ1) is 17.5. The van der Waals surface area contributed by atoms with Crippen LogP contribution in [-0.4, -0.2) is 5.91 Å². The van der Waals surface area contributed by atoms with E-state index in [9.17, 15) is 4.79 Å². The van der Waals surface area contributed by atoms with Gasteiger partial charge in [-0.2, -0.15) is 0 Å². The highest BCUT2D eigenvalue weighted by atomic mass is 16.2. The zero-order chi connectivity index (χ0) is 18.9. The van der Waals surface area contributed by atoms with Gasteiger partial charge in [0.15, 0.2) is 0 Å². The smallest absolute Gasteiger partial charge is 0.228 e. The van der Waals surface area contributed by atoms with E-state index in [0.29, 0.717) is 5.92 Å². The van der Waals surface area contributed by atoms with Gasteiger partial charge in [0.05, 0.1) is 5.92 Å². The number of carbonyl (C=O) groups is 1. The van der Waals surface area contributed by atoms with E-state index in [4.69, 9.17) is 0 Å². The van der Waals surface area contributed by atoms with E-state index in [0.717, 1.165) is 12.1 Å². The number of amides is 1. The molecule has 2 heteroatoms. The van der Waals surface area contributed by atoms with Gasteiger partial charge in [-0.1, -0.05) is 92.7 Å². The minimum atomic E-state index is -0.223. The van der Waals surface area contributed by atoms with Crippen molar-refractivity contribution in [3.63, 3.8) is 0 Å². The van der Waals surface area contributed by atoms with Crippen LogP contribution >= 0.6 is 0 Å². The lowest BCUT2D eigenvalue weighted by atomic mass is 9.85. The van der Waals surface area contributed by atoms with Gasteiger partial charge >= 0.3 is 0 Å². The summed E-state index contributed by atoms with van der Waals surface area (Å²) in [5.41, 5.74) is 4.32. The summed E-state index contributed by atoms with van der Waals surface area (Å²) in [6.45, 7) is 4.31. The number of rotatable bonds is 5. The standard InChI is InChI=1S/C25H25NO/c1-18(2)21-15-9-10-16-23(21)26-24(27)22-17-25(22,19-11-5-3-6-12-19)20-13-7-4-8-14-20/h3-16,18,22H,17H2,1-2H3,(H,26,27).